The number of phenolic OH excluding ortho intramolecular Hbond substituents is 1. The van der Waals surface area contributed by atoms with Crippen LogP contribution in [0.4, 0.5) is 9.18 Å². The minimum absolute atomic E-state index is 0.0172. The number of fused-ring (bicyclic) bond motifs is 1. The number of rotatable bonds is 7. The van der Waals surface area contributed by atoms with Crippen molar-refractivity contribution >= 4 is 17.8 Å². The lowest BCUT2D eigenvalue weighted by Crippen LogP contribution is -2.76. The van der Waals surface area contributed by atoms with Gasteiger partial charge in [-0.05, 0) is 41.0 Å². The normalized spacial score (nSPS) is 19.1. The standard InChI is InChI=1S/C31H30FN5O4/c1-2-16-35-21-29(39)36-27(17-22-10-14-26(38)15-11-22)30(40)34(19-24-8-12-25(32)13-9-24)20-28(36)37(35)31(41)33-18-23-6-4-3-5-7-23/h1,3-15,27-28,38H,16-21H2,(H,33,41)/t27-,28-/m0/s1. The van der Waals surface area contributed by atoms with Gasteiger partial charge in [0.1, 0.15) is 23.8 Å². The summed E-state index contributed by atoms with van der Waals surface area (Å²) in [5, 5.41) is 15.6. The third-order valence-electron chi connectivity index (χ3n) is 7.25. The van der Waals surface area contributed by atoms with E-state index in [0.717, 1.165) is 11.1 Å². The number of carbonyl (C=O) groups excluding carboxylic acids is 3. The van der Waals surface area contributed by atoms with Gasteiger partial charge in [-0.15, -0.1) is 6.42 Å². The molecule has 0 aromatic heterocycles. The third-order valence-corrected chi connectivity index (χ3v) is 7.25. The summed E-state index contributed by atoms with van der Waals surface area (Å²) >= 11 is 0. The van der Waals surface area contributed by atoms with Crippen LogP contribution >= 0.6 is 0 Å². The number of aromatic hydroxyl groups is 1. The van der Waals surface area contributed by atoms with Crippen molar-refractivity contribution in [3.63, 3.8) is 0 Å². The molecule has 2 aliphatic heterocycles. The zero-order valence-corrected chi connectivity index (χ0v) is 22.3. The molecule has 0 radical (unpaired) electrons. The molecule has 2 atom stereocenters. The summed E-state index contributed by atoms with van der Waals surface area (Å²) in [5.74, 6) is 1.61. The van der Waals surface area contributed by atoms with Crippen LogP contribution in [0.15, 0.2) is 78.9 Å². The van der Waals surface area contributed by atoms with E-state index in [-0.39, 0.29) is 62.5 Å². The second kappa shape index (κ2) is 12.1. The molecule has 0 aliphatic carbocycles. The highest BCUT2D eigenvalue weighted by molar-refractivity contribution is 5.91. The minimum atomic E-state index is -0.913. The number of hydrogen-bond acceptors (Lipinski definition) is 5. The molecule has 210 valence electrons. The topological polar surface area (TPSA) is 96.4 Å². The molecule has 0 unspecified atom stereocenters. The summed E-state index contributed by atoms with van der Waals surface area (Å²) in [7, 11) is 0. The van der Waals surface area contributed by atoms with Gasteiger partial charge in [-0.2, -0.15) is 5.01 Å². The molecule has 9 nitrogen and oxygen atoms in total. The molecule has 2 heterocycles. The van der Waals surface area contributed by atoms with Gasteiger partial charge >= 0.3 is 6.03 Å². The molecule has 0 spiro atoms. The van der Waals surface area contributed by atoms with Crippen molar-refractivity contribution in [3.05, 3.63) is 101 Å². The van der Waals surface area contributed by atoms with Crippen molar-refractivity contribution in [2.45, 2.75) is 31.7 Å². The Balaban J connectivity index is 1.49. The van der Waals surface area contributed by atoms with E-state index in [1.165, 1.54) is 39.2 Å². The molecule has 0 bridgehead atoms. The highest BCUT2D eigenvalue weighted by atomic mass is 19.1. The fraction of sp³-hybridized carbons (Fsp3) is 0.258. The van der Waals surface area contributed by atoms with Crippen molar-refractivity contribution in [2.24, 2.45) is 0 Å². The maximum atomic E-state index is 13.9. The second-order valence-electron chi connectivity index (χ2n) is 10.0. The van der Waals surface area contributed by atoms with Crippen LogP contribution in [-0.2, 0) is 29.1 Å². The van der Waals surface area contributed by atoms with E-state index < -0.39 is 18.2 Å². The number of amides is 4. The Morgan fingerprint density at radius 2 is 1.66 bits per heavy atom. The van der Waals surface area contributed by atoms with Crippen molar-refractivity contribution in [1.82, 2.24) is 25.1 Å². The first kappa shape index (κ1) is 27.7. The van der Waals surface area contributed by atoms with Gasteiger partial charge < -0.3 is 20.2 Å². The zero-order chi connectivity index (χ0) is 28.9. The van der Waals surface area contributed by atoms with Crippen molar-refractivity contribution in [2.75, 3.05) is 19.6 Å². The van der Waals surface area contributed by atoms with Crippen molar-refractivity contribution in [3.8, 4) is 18.1 Å². The van der Waals surface area contributed by atoms with Gasteiger partial charge in [0.25, 0.3) is 0 Å². The number of nitrogens with one attached hydrogen (secondary N) is 1. The molecule has 2 fully saturated rings. The molecule has 2 aliphatic rings. The number of halogens is 1. The Morgan fingerprint density at radius 3 is 2.34 bits per heavy atom. The fourth-order valence-electron chi connectivity index (χ4n) is 5.30. The Kier molecular flexibility index (Phi) is 8.17. The molecule has 5 rings (SSSR count). The van der Waals surface area contributed by atoms with Gasteiger partial charge in [-0.25, -0.2) is 14.2 Å². The highest BCUT2D eigenvalue weighted by Gasteiger charge is 2.51. The third kappa shape index (κ3) is 6.15. The Hall–Kier alpha value is -4.88. The average Bonchev–Trinajstić information content (AvgIpc) is 2.97. The molecule has 2 saturated heterocycles. The summed E-state index contributed by atoms with van der Waals surface area (Å²) in [5.41, 5.74) is 2.35. The molecule has 3 aromatic carbocycles. The Morgan fingerprint density at radius 1 is 0.976 bits per heavy atom. The number of nitrogens with zero attached hydrogens (tertiary/aromatic N) is 4. The molecular weight excluding hydrogens is 525 g/mol. The van der Waals surface area contributed by atoms with Crippen LogP contribution in [0.25, 0.3) is 0 Å². The van der Waals surface area contributed by atoms with E-state index in [2.05, 4.69) is 11.2 Å². The van der Waals surface area contributed by atoms with E-state index in [1.54, 1.807) is 29.2 Å². The van der Waals surface area contributed by atoms with E-state index in [9.17, 15) is 23.9 Å². The van der Waals surface area contributed by atoms with Crippen molar-refractivity contribution < 1.29 is 23.9 Å². The predicted octanol–water partition coefficient (Wildman–Crippen LogP) is 2.72. The molecule has 0 saturated carbocycles. The zero-order valence-electron chi connectivity index (χ0n) is 22.3. The van der Waals surface area contributed by atoms with Gasteiger partial charge in [0.15, 0.2) is 0 Å². The maximum Gasteiger partial charge on any atom is 0.334 e. The second-order valence-corrected chi connectivity index (χ2v) is 10.0. The first-order chi connectivity index (χ1) is 19.8. The lowest BCUT2D eigenvalue weighted by atomic mass is 9.98. The van der Waals surface area contributed by atoms with Crippen LogP contribution in [0.1, 0.15) is 16.7 Å². The van der Waals surface area contributed by atoms with Crippen LogP contribution in [-0.4, -0.2) is 74.6 Å². The van der Waals surface area contributed by atoms with E-state index >= 15 is 0 Å². The number of phenols is 1. The number of hydrazine groups is 1. The summed E-state index contributed by atoms with van der Waals surface area (Å²) in [4.78, 5) is 44.2. The quantitative estimate of drug-likeness (QED) is 0.437. The van der Waals surface area contributed by atoms with Crippen LogP contribution in [0.5, 0.6) is 5.75 Å². The summed E-state index contributed by atoms with van der Waals surface area (Å²) < 4.78 is 13.6. The average molecular weight is 556 g/mol. The number of benzene rings is 3. The molecular formula is C31H30FN5O4. The molecule has 3 aromatic rings. The van der Waals surface area contributed by atoms with Crippen LogP contribution < -0.4 is 5.32 Å². The molecule has 10 heteroatoms. The lowest BCUT2D eigenvalue weighted by molar-refractivity contribution is -0.189. The first-order valence-electron chi connectivity index (χ1n) is 13.3. The van der Waals surface area contributed by atoms with Gasteiger partial charge in [0, 0.05) is 19.5 Å². The smallest absolute Gasteiger partial charge is 0.334 e. The largest absolute Gasteiger partial charge is 0.508 e. The fourth-order valence-corrected chi connectivity index (χ4v) is 5.30. The van der Waals surface area contributed by atoms with Gasteiger partial charge in [-0.3, -0.25) is 9.59 Å². The summed E-state index contributed by atoms with van der Waals surface area (Å²) in [6, 6.07) is 20.3. The number of terminal acetylenes is 1. The first-order valence-corrected chi connectivity index (χ1v) is 13.3. The Labute approximate surface area is 237 Å². The number of piperazine rings is 1. The van der Waals surface area contributed by atoms with Gasteiger partial charge in [0.05, 0.1) is 19.6 Å². The van der Waals surface area contributed by atoms with Crippen LogP contribution in [0, 0.1) is 18.2 Å². The van der Waals surface area contributed by atoms with E-state index in [4.69, 9.17) is 6.42 Å². The molecule has 2 N–H and O–H groups in total. The maximum absolute atomic E-state index is 13.9. The lowest BCUT2D eigenvalue weighted by Gasteiger charge is -2.55. The molecule has 4 amide bonds. The van der Waals surface area contributed by atoms with Crippen LogP contribution in [0.2, 0.25) is 0 Å². The minimum Gasteiger partial charge on any atom is -0.508 e. The number of urea groups is 1. The van der Waals surface area contributed by atoms with Crippen LogP contribution in [0.3, 0.4) is 0 Å². The monoisotopic (exact) mass is 555 g/mol. The Bertz CT molecular complexity index is 1440. The molecule has 41 heavy (non-hydrogen) atoms. The van der Waals surface area contributed by atoms with E-state index in [1.807, 2.05) is 30.3 Å². The SMILES string of the molecule is C#CCN1CC(=O)N2[C@@H](Cc3ccc(O)cc3)C(=O)N(Cc3ccc(F)cc3)C[C@@H]2N1C(=O)NCc1ccccc1. The van der Waals surface area contributed by atoms with Crippen molar-refractivity contribution in [1.29, 1.82) is 0 Å². The van der Waals surface area contributed by atoms with Gasteiger partial charge in [-0.1, -0.05) is 60.5 Å². The van der Waals surface area contributed by atoms with Gasteiger partial charge in [0.2, 0.25) is 11.8 Å². The summed E-state index contributed by atoms with van der Waals surface area (Å²) in [6.45, 7) is 0.308. The predicted molar refractivity (Wildman–Crippen MR) is 149 cm³/mol. The van der Waals surface area contributed by atoms with E-state index in [0.29, 0.717) is 5.56 Å². The highest BCUT2D eigenvalue weighted by Crippen LogP contribution is 2.29. The number of hydrogen-bond donors (Lipinski definition) is 2. The summed E-state index contributed by atoms with van der Waals surface area (Å²) in [6.07, 6.45) is 4.96. The number of carbonyl (C=O) groups is 3.